The molecule has 1 amide bonds. The predicted molar refractivity (Wildman–Crippen MR) is 85.9 cm³/mol. The van der Waals surface area contributed by atoms with E-state index >= 15 is 0 Å². The normalized spacial score (nSPS) is 10.6. The van der Waals surface area contributed by atoms with E-state index in [1.165, 1.54) is 0 Å². The summed E-state index contributed by atoms with van der Waals surface area (Å²) in [6.07, 6.45) is 1.75. The lowest BCUT2D eigenvalue weighted by Crippen LogP contribution is -2.31. The van der Waals surface area contributed by atoms with Crippen molar-refractivity contribution in [2.75, 3.05) is 13.7 Å². The molecule has 118 valence electrons. The van der Waals surface area contributed by atoms with E-state index in [4.69, 9.17) is 4.74 Å². The van der Waals surface area contributed by atoms with Gasteiger partial charge in [0.15, 0.2) is 6.61 Å². The lowest BCUT2D eigenvalue weighted by Gasteiger charge is -2.18. The Morgan fingerprint density at radius 3 is 2.55 bits per heavy atom. The van der Waals surface area contributed by atoms with Gasteiger partial charge in [0, 0.05) is 18.9 Å². The van der Waals surface area contributed by atoms with Crippen LogP contribution < -0.4 is 4.74 Å². The standard InChI is InChI=1S/C17H23N3O2/c1-11-6-7-12(2)17(14(11)4)22-10-16(21)20(5)9-15-18-8-13(3)19-15/h6-8H,9-10H2,1-5H3,(H,18,19). The second-order valence-corrected chi connectivity index (χ2v) is 5.70. The Morgan fingerprint density at radius 2 is 1.91 bits per heavy atom. The highest BCUT2D eigenvalue weighted by molar-refractivity contribution is 5.77. The van der Waals surface area contributed by atoms with E-state index in [1.54, 1.807) is 18.1 Å². The van der Waals surface area contributed by atoms with Crippen LogP contribution in [0.1, 0.15) is 28.2 Å². The number of ether oxygens (including phenoxy) is 1. The third-order valence-electron chi connectivity index (χ3n) is 3.78. The molecule has 5 nitrogen and oxygen atoms in total. The molecular formula is C17H23N3O2. The van der Waals surface area contributed by atoms with Crippen LogP contribution in [0.5, 0.6) is 5.75 Å². The first-order valence-electron chi connectivity index (χ1n) is 7.32. The number of aromatic nitrogens is 2. The number of H-pyrrole nitrogens is 1. The maximum Gasteiger partial charge on any atom is 0.260 e. The average Bonchev–Trinajstić information content (AvgIpc) is 2.88. The number of carbonyl (C=O) groups is 1. The number of hydrogen-bond acceptors (Lipinski definition) is 3. The molecule has 0 saturated heterocycles. The summed E-state index contributed by atoms with van der Waals surface area (Å²) in [5.41, 5.74) is 4.27. The van der Waals surface area contributed by atoms with Gasteiger partial charge in [-0.05, 0) is 44.4 Å². The number of hydrogen-bond donors (Lipinski definition) is 1. The van der Waals surface area contributed by atoms with Gasteiger partial charge in [-0.15, -0.1) is 0 Å². The van der Waals surface area contributed by atoms with Gasteiger partial charge in [-0.25, -0.2) is 4.98 Å². The molecule has 1 aromatic carbocycles. The molecule has 0 radical (unpaired) electrons. The molecule has 0 spiro atoms. The minimum absolute atomic E-state index is 0.0291. The molecule has 2 rings (SSSR count). The third-order valence-corrected chi connectivity index (χ3v) is 3.78. The summed E-state index contributed by atoms with van der Waals surface area (Å²) in [4.78, 5) is 21.1. The Morgan fingerprint density at radius 1 is 1.23 bits per heavy atom. The lowest BCUT2D eigenvalue weighted by molar-refractivity contribution is -0.132. The monoisotopic (exact) mass is 301 g/mol. The number of nitrogens with zero attached hydrogens (tertiary/aromatic N) is 2. The Kier molecular flexibility index (Phi) is 4.85. The number of amides is 1. The van der Waals surface area contributed by atoms with Gasteiger partial charge < -0.3 is 14.6 Å². The minimum atomic E-state index is -0.0747. The first kappa shape index (κ1) is 16.1. The van der Waals surface area contributed by atoms with Crippen molar-refractivity contribution >= 4 is 5.91 Å². The van der Waals surface area contributed by atoms with E-state index in [9.17, 15) is 4.79 Å². The number of imidazole rings is 1. The van der Waals surface area contributed by atoms with Gasteiger partial charge in [0.1, 0.15) is 11.6 Å². The SMILES string of the molecule is Cc1cnc(CN(C)C(=O)COc2c(C)ccc(C)c2C)[nH]1. The van der Waals surface area contributed by atoms with Gasteiger partial charge in [0.25, 0.3) is 5.91 Å². The summed E-state index contributed by atoms with van der Waals surface area (Å²) in [5.74, 6) is 1.50. The van der Waals surface area contributed by atoms with Gasteiger partial charge in [-0.1, -0.05) is 12.1 Å². The van der Waals surface area contributed by atoms with E-state index < -0.39 is 0 Å². The Bertz CT molecular complexity index is 677. The molecule has 0 unspecified atom stereocenters. The van der Waals surface area contributed by atoms with Crippen molar-refractivity contribution in [2.45, 2.75) is 34.2 Å². The fraction of sp³-hybridized carbons (Fsp3) is 0.412. The summed E-state index contributed by atoms with van der Waals surface area (Å²) < 4.78 is 5.75. The van der Waals surface area contributed by atoms with Crippen molar-refractivity contribution in [2.24, 2.45) is 0 Å². The van der Waals surface area contributed by atoms with Crippen molar-refractivity contribution in [3.05, 3.63) is 46.5 Å². The van der Waals surface area contributed by atoms with Crippen molar-refractivity contribution in [1.82, 2.24) is 14.9 Å². The van der Waals surface area contributed by atoms with Crippen LogP contribution in [0.3, 0.4) is 0 Å². The molecule has 0 atom stereocenters. The molecule has 5 heteroatoms. The molecule has 1 N–H and O–H groups in total. The molecule has 0 bridgehead atoms. The second-order valence-electron chi connectivity index (χ2n) is 5.70. The van der Waals surface area contributed by atoms with Crippen molar-refractivity contribution in [3.63, 3.8) is 0 Å². The topological polar surface area (TPSA) is 58.2 Å². The zero-order valence-electron chi connectivity index (χ0n) is 13.9. The van der Waals surface area contributed by atoms with Crippen LogP contribution in [0.15, 0.2) is 18.3 Å². The van der Waals surface area contributed by atoms with Crippen LogP contribution in [0.4, 0.5) is 0 Å². The zero-order valence-corrected chi connectivity index (χ0v) is 13.9. The molecule has 0 aliphatic heterocycles. The number of aromatic amines is 1. The molecule has 1 heterocycles. The van der Waals surface area contributed by atoms with Gasteiger partial charge in [-0.2, -0.15) is 0 Å². The van der Waals surface area contributed by atoms with Crippen LogP contribution in [-0.2, 0) is 11.3 Å². The van der Waals surface area contributed by atoms with Crippen LogP contribution in [0, 0.1) is 27.7 Å². The Hall–Kier alpha value is -2.30. The molecule has 0 saturated carbocycles. The summed E-state index contributed by atoms with van der Waals surface area (Å²) >= 11 is 0. The first-order valence-corrected chi connectivity index (χ1v) is 7.32. The van der Waals surface area contributed by atoms with E-state index in [0.29, 0.717) is 6.54 Å². The fourth-order valence-electron chi connectivity index (χ4n) is 2.25. The van der Waals surface area contributed by atoms with Crippen LogP contribution in [0.2, 0.25) is 0 Å². The predicted octanol–water partition coefficient (Wildman–Crippen LogP) is 2.68. The van der Waals surface area contributed by atoms with E-state index in [0.717, 1.165) is 34.0 Å². The molecule has 1 aromatic heterocycles. The number of carbonyl (C=O) groups excluding carboxylic acids is 1. The summed E-state index contributed by atoms with van der Waals surface area (Å²) in [7, 11) is 1.75. The number of nitrogens with one attached hydrogen (secondary N) is 1. The minimum Gasteiger partial charge on any atom is -0.483 e. The van der Waals surface area contributed by atoms with Gasteiger partial charge in [0.2, 0.25) is 0 Å². The Balaban J connectivity index is 1.96. The maximum absolute atomic E-state index is 12.2. The quantitative estimate of drug-likeness (QED) is 0.923. The smallest absolute Gasteiger partial charge is 0.260 e. The van der Waals surface area contributed by atoms with Gasteiger partial charge in [0.05, 0.1) is 6.54 Å². The van der Waals surface area contributed by atoms with E-state index in [1.807, 2.05) is 33.8 Å². The highest BCUT2D eigenvalue weighted by atomic mass is 16.5. The van der Waals surface area contributed by atoms with Crippen LogP contribution in [-0.4, -0.2) is 34.4 Å². The van der Waals surface area contributed by atoms with Crippen molar-refractivity contribution in [1.29, 1.82) is 0 Å². The zero-order chi connectivity index (χ0) is 16.3. The van der Waals surface area contributed by atoms with Crippen molar-refractivity contribution < 1.29 is 9.53 Å². The highest BCUT2D eigenvalue weighted by Crippen LogP contribution is 2.25. The largest absolute Gasteiger partial charge is 0.483 e. The number of aryl methyl sites for hydroxylation is 3. The molecule has 0 aliphatic carbocycles. The molecule has 2 aromatic rings. The van der Waals surface area contributed by atoms with E-state index in [2.05, 4.69) is 16.0 Å². The summed E-state index contributed by atoms with van der Waals surface area (Å²) in [5, 5.41) is 0. The van der Waals surface area contributed by atoms with E-state index in [-0.39, 0.29) is 12.5 Å². The van der Waals surface area contributed by atoms with Crippen LogP contribution >= 0.6 is 0 Å². The second kappa shape index (κ2) is 6.64. The summed E-state index contributed by atoms with van der Waals surface area (Å²) in [6, 6.07) is 4.07. The highest BCUT2D eigenvalue weighted by Gasteiger charge is 2.14. The van der Waals surface area contributed by atoms with Gasteiger partial charge in [-0.3, -0.25) is 4.79 Å². The lowest BCUT2D eigenvalue weighted by atomic mass is 10.1. The molecule has 0 aliphatic rings. The third kappa shape index (κ3) is 3.67. The first-order chi connectivity index (χ1) is 10.4. The van der Waals surface area contributed by atoms with Gasteiger partial charge >= 0.3 is 0 Å². The number of rotatable bonds is 5. The number of likely N-dealkylation sites (N-methyl/N-ethyl adjacent to an activating group) is 1. The average molecular weight is 301 g/mol. The Labute approximate surface area is 131 Å². The maximum atomic E-state index is 12.2. The fourth-order valence-corrected chi connectivity index (χ4v) is 2.25. The van der Waals surface area contributed by atoms with Crippen LogP contribution in [0.25, 0.3) is 0 Å². The summed E-state index contributed by atoms with van der Waals surface area (Å²) in [6.45, 7) is 8.45. The molecule has 0 fully saturated rings. The van der Waals surface area contributed by atoms with Crippen molar-refractivity contribution in [3.8, 4) is 5.75 Å². The molecular weight excluding hydrogens is 278 g/mol. The molecule has 22 heavy (non-hydrogen) atoms. The number of benzene rings is 1.